The van der Waals surface area contributed by atoms with E-state index in [9.17, 15) is 13.2 Å². The molecule has 1 fully saturated rings. The number of carbonyl (C=O) groups excluding carboxylic acids is 1. The first-order valence-corrected chi connectivity index (χ1v) is 7.30. The molecule has 2 rings (SSSR count). The highest BCUT2D eigenvalue weighted by atomic mass is 32.2. The van der Waals surface area contributed by atoms with Gasteiger partial charge in [-0.2, -0.15) is 0 Å². The van der Waals surface area contributed by atoms with Crippen LogP contribution in [0, 0.1) is 0 Å². The highest BCUT2D eigenvalue weighted by molar-refractivity contribution is 7.91. The molecule has 1 saturated heterocycles. The van der Waals surface area contributed by atoms with Crippen LogP contribution < -0.4 is 5.73 Å². The maximum absolute atomic E-state index is 12.1. The molecule has 8 heteroatoms. The van der Waals surface area contributed by atoms with Crippen LogP contribution in [-0.2, 0) is 9.84 Å². The predicted octanol–water partition coefficient (Wildman–Crippen LogP) is -0.682. The van der Waals surface area contributed by atoms with Crippen molar-refractivity contribution >= 4 is 21.6 Å². The largest absolute Gasteiger partial charge is 0.382 e. The fraction of sp³-hybridized carbons (Fsp3) is 0.500. The molecule has 1 aliphatic heterocycles. The summed E-state index contributed by atoms with van der Waals surface area (Å²) in [7, 11) is -3.04. The third kappa shape index (κ3) is 2.58. The van der Waals surface area contributed by atoms with E-state index < -0.39 is 9.84 Å². The highest BCUT2D eigenvalue weighted by Crippen LogP contribution is 2.14. The first kappa shape index (κ1) is 12.7. The molecule has 98 valence electrons. The Hall–Kier alpha value is -1.70. The van der Waals surface area contributed by atoms with Crippen molar-refractivity contribution in [2.45, 2.75) is 13.0 Å². The van der Waals surface area contributed by atoms with Crippen LogP contribution in [-0.4, -0.2) is 53.3 Å². The second-order valence-electron chi connectivity index (χ2n) is 4.29. The number of anilines is 1. The molecular formula is C10H14N4O3S. The SMILES string of the molecule is CC1CS(=O)(=O)CCN1C(=O)c1cnc(N)cn1. The van der Waals surface area contributed by atoms with Crippen LogP contribution in [0.4, 0.5) is 5.82 Å². The van der Waals surface area contributed by atoms with Crippen LogP contribution in [0.15, 0.2) is 12.4 Å². The summed E-state index contributed by atoms with van der Waals surface area (Å²) < 4.78 is 22.9. The van der Waals surface area contributed by atoms with E-state index in [4.69, 9.17) is 5.73 Å². The van der Waals surface area contributed by atoms with Crippen LogP contribution in [0.1, 0.15) is 17.4 Å². The van der Waals surface area contributed by atoms with Gasteiger partial charge in [-0.15, -0.1) is 0 Å². The monoisotopic (exact) mass is 270 g/mol. The molecule has 18 heavy (non-hydrogen) atoms. The van der Waals surface area contributed by atoms with Gasteiger partial charge in [-0.25, -0.2) is 18.4 Å². The lowest BCUT2D eigenvalue weighted by Crippen LogP contribution is -2.49. The summed E-state index contributed by atoms with van der Waals surface area (Å²) in [4.78, 5) is 21.3. The molecule has 0 spiro atoms. The van der Waals surface area contributed by atoms with E-state index in [0.29, 0.717) is 0 Å². The average molecular weight is 270 g/mol. The molecule has 0 aliphatic carbocycles. The first-order valence-electron chi connectivity index (χ1n) is 5.48. The number of amides is 1. The van der Waals surface area contributed by atoms with Gasteiger partial charge in [0.05, 0.1) is 23.9 Å². The van der Waals surface area contributed by atoms with Gasteiger partial charge in [0.1, 0.15) is 11.5 Å². The molecule has 1 aromatic rings. The fourth-order valence-corrected chi connectivity index (χ4v) is 3.45. The summed E-state index contributed by atoms with van der Waals surface area (Å²) >= 11 is 0. The average Bonchev–Trinajstić information content (AvgIpc) is 2.28. The Kier molecular flexibility index (Phi) is 3.20. The number of nitrogens with two attached hydrogens (primary N) is 1. The van der Waals surface area contributed by atoms with Crippen molar-refractivity contribution in [2.75, 3.05) is 23.8 Å². The minimum atomic E-state index is -3.04. The Balaban J connectivity index is 2.17. The van der Waals surface area contributed by atoms with Crippen LogP contribution in [0.2, 0.25) is 0 Å². The number of nitrogens with zero attached hydrogens (tertiary/aromatic N) is 3. The molecule has 1 aliphatic rings. The van der Waals surface area contributed by atoms with Gasteiger partial charge in [0.2, 0.25) is 0 Å². The van der Waals surface area contributed by atoms with Gasteiger partial charge in [0.15, 0.2) is 9.84 Å². The van der Waals surface area contributed by atoms with Gasteiger partial charge in [-0.05, 0) is 6.92 Å². The topological polar surface area (TPSA) is 106 Å². The summed E-state index contributed by atoms with van der Waals surface area (Å²) in [5.74, 6) is -0.0992. The first-order chi connectivity index (χ1) is 8.39. The molecular weight excluding hydrogens is 256 g/mol. The van der Waals surface area contributed by atoms with E-state index >= 15 is 0 Å². The third-order valence-corrected chi connectivity index (χ3v) is 4.62. The van der Waals surface area contributed by atoms with Gasteiger partial charge in [0.25, 0.3) is 5.91 Å². The Labute approximate surface area is 105 Å². The summed E-state index contributed by atoms with van der Waals surface area (Å²) in [6.07, 6.45) is 2.60. The zero-order valence-corrected chi connectivity index (χ0v) is 10.7. The smallest absolute Gasteiger partial charge is 0.274 e. The Morgan fingerprint density at radius 2 is 2.17 bits per heavy atom. The molecule has 1 amide bonds. The minimum absolute atomic E-state index is 0.00845. The zero-order valence-electron chi connectivity index (χ0n) is 9.91. The predicted molar refractivity (Wildman–Crippen MR) is 65.6 cm³/mol. The molecule has 0 aromatic carbocycles. The van der Waals surface area contributed by atoms with Gasteiger partial charge in [0, 0.05) is 12.6 Å². The van der Waals surface area contributed by atoms with Crippen LogP contribution in [0.3, 0.4) is 0 Å². The number of hydrogen-bond acceptors (Lipinski definition) is 6. The molecule has 0 bridgehead atoms. The highest BCUT2D eigenvalue weighted by Gasteiger charge is 2.32. The number of carbonyl (C=O) groups is 1. The van der Waals surface area contributed by atoms with Crippen molar-refractivity contribution in [1.29, 1.82) is 0 Å². The Morgan fingerprint density at radius 3 is 2.72 bits per heavy atom. The molecule has 0 radical (unpaired) electrons. The quantitative estimate of drug-likeness (QED) is 0.724. The Morgan fingerprint density at radius 1 is 1.44 bits per heavy atom. The molecule has 1 atom stereocenters. The van der Waals surface area contributed by atoms with Gasteiger partial charge in [-0.1, -0.05) is 0 Å². The fourth-order valence-electron chi connectivity index (χ4n) is 1.90. The lowest BCUT2D eigenvalue weighted by molar-refractivity contribution is 0.0706. The van der Waals surface area contributed by atoms with Crippen molar-refractivity contribution in [1.82, 2.24) is 14.9 Å². The van der Waals surface area contributed by atoms with Crippen molar-refractivity contribution in [3.8, 4) is 0 Å². The lowest BCUT2D eigenvalue weighted by atomic mass is 10.2. The van der Waals surface area contributed by atoms with Crippen LogP contribution in [0.5, 0.6) is 0 Å². The normalized spacial score (nSPS) is 22.7. The minimum Gasteiger partial charge on any atom is -0.382 e. The van der Waals surface area contributed by atoms with Crippen LogP contribution >= 0.6 is 0 Å². The van der Waals surface area contributed by atoms with Crippen LogP contribution in [0.25, 0.3) is 0 Å². The third-order valence-electron chi connectivity index (χ3n) is 2.82. The van der Waals surface area contributed by atoms with Crippen molar-refractivity contribution in [2.24, 2.45) is 0 Å². The molecule has 1 unspecified atom stereocenters. The van der Waals surface area contributed by atoms with Gasteiger partial charge < -0.3 is 10.6 Å². The maximum Gasteiger partial charge on any atom is 0.274 e. The van der Waals surface area contributed by atoms with E-state index in [0.717, 1.165) is 0 Å². The summed E-state index contributed by atoms with van der Waals surface area (Å²) in [5.41, 5.74) is 5.57. The number of rotatable bonds is 1. The molecule has 2 N–H and O–H groups in total. The standard InChI is InChI=1S/C10H14N4O3S/c1-7-6-18(16,17)3-2-14(7)10(15)8-4-13-9(11)5-12-8/h4-5,7H,2-3,6H2,1H3,(H2,11,13). The van der Waals surface area contributed by atoms with Crippen molar-refractivity contribution < 1.29 is 13.2 Å². The van der Waals surface area contributed by atoms with E-state index in [1.165, 1.54) is 17.3 Å². The second kappa shape index (κ2) is 4.52. The molecule has 0 saturated carbocycles. The Bertz CT molecular complexity index is 555. The summed E-state index contributed by atoms with van der Waals surface area (Å²) in [6, 6.07) is -0.351. The number of sulfone groups is 1. The molecule has 2 heterocycles. The van der Waals surface area contributed by atoms with E-state index in [-0.39, 0.29) is 41.5 Å². The second-order valence-corrected chi connectivity index (χ2v) is 6.52. The number of nitrogen functional groups attached to an aromatic ring is 1. The zero-order chi connectivity index (χ0) is 13.3. The van der Waals surface area contributed by atoms with E-state index in [1.54, 1.807) is 6.92 Å². The van der Waals surface area contributed by atoms with Crippen molar-refractivity contribution in [3.05, 3.63) is 18.1 Å². The summed E-state index contributed by atoms with van der Waals surface area (Å²) in [6.45, 7) is 1.90. The lowest BCUT2D eigenvalue weighted by Gasteiger charge is -2.32. The molecule has 1 aromatic heterocycles. The van der Waals surface area contributed by atoms with Crippen molar-refractivity contribution in [3.63, 3.8) is 0 Å². The molecule has 7 nitrogen and oxygen atoms in total. The number of hydrogen-bond donors (Lipinski definition) is 1. The van der Waals surface area contributed by atoms with Gasteiger partial charge >= 0.3 is 0 Å². The van der Waals surface area contributed by atoms with E-state index in [2.05, 4.69) is 9.97 Å². The summed E-state index contributed by atoms with van der Waals surface area (Å²) in [5, 5.41) is 0. The van der Waals surface area contributed by atoms with E-state index in [1.807, 2.05) is 0 Å². The van der Waals surface area contributed by atoms with Gasteiger partial charge in [-0.3, -0.25) is 4.79 Å². The number of aromatic nitrogens is 2. The maximum atomic E-state index is 12.1.